The summed E-state index contributed by atoms with van der Waals surface area (Å²) >= 11 is 0. The first kappa shape index (κ1) is 74.4. The van der Waals surface area contributed by atoms with E-state index in [-0.39, 0.29) is 67.8 Å². The van der Waals surface area contributed by atoms with Crippen molar-refractivity contribution in [3.63, 3.8) is 0 Å². The molecule has 1 fully saturated rings. The Hall–Kier alpha value is -5.64. The summed E-state index contributed by atoms with van der Waals surface area (Å²) < 4.78 is 0. The van der Waals surface area contributed by atoms with Crippen molar-refractivity contribution >= 4 is 59.1 Å². The zero-order valence-corrected chi connectivity index (χ0v) is 53.2. The van der Waals surface area contributed by atoms with Crippen LogP contribution in [0.25, 0.3) is 0 Å². The van der Waals surface area contributed by atoms with Crippen LogP contribution < -0.4 is 47.9 Å². The Labute approximate surface area is 490 Å². The molecule has 82 heavy (non-hydrogen) atoms. The van der Waals surface area contributed by atoms with Gasteiger partial charge in [-0.15, -0.1) is 0 Å². The van der Waals surface area contributed by atoms with Crippen molar-refractivity contribution in [1.82, 2.24) is 57.7 Å². The van der Waals surface area contributed by atoms with Crippen molar-refractivity contribution < 1.29 is 53.1 Å². The molecule has 0 aromatic carbocycles. The molecular weight excluding hydrogens is 1050 g/mol. The summed E-state index contributed by atoms with van der Waals surface area (Å²) in [6, 6.07) is -6.03. The van der Waals surface area contributed by atoms with Gasteiger partial charge < -0.3 is 62.8 Å². The summed E-state index contributed by atoms with van der Waals surface area (Å²) in [5, 5.41) is 36.2. The van der Waals surface area contributed by atoms with Crippen LogP contribution in [0, 0.1) is 23.7 Å². The lowest BCUT2D eigenvalue weighted by molar-refractivity contribution is -0.140. The number of likely N-dealkylation sites (N-methyl/N-ethyl adjacent to an activating group) is 1. The third-order valence-electron chi connectivity index (χ3n) is 14.5. The molecule has 22 nitrogen and oxygen atoms in total. The van der Waals surface area contributed by atoms with E-state index >= 15 is 0 Å². The maximum atomic E-state index is 14.3. The fourth-order valence-electron chi connectivity index (χ4n) is 9.25. The summed E-state index contributed by atoms with van der Waals surface area (Å²) in [4.78, 5) is 141. The number of unbranched alkanes of at least 4 members (excludes halogenated alkanes) is 5. The standard InChI is InChI=1S/C60H109N11O11/c1-19-21-22-23-24-25-27-42(63-53(78)45-28-26-33-71(45)47(73)30-29-40(9)20-2)50(75)66-48(49(74)39(7)8)54(79)68-59(13,14)56(81)65-43(34-37(3)4)51(76)64-44(35-38(5)6)52(77)67-60(15,16)57(82)69-58(11,12)55(80)61-32-31-46(72)62-41(10)36-70(17)18/h29-30,37-45,48-49,74H,19-28,31-36H2,1-18H3,(H,61,80)(H,62,72)(H,63,78)(H,64,76)(H,65,81)(H,66,75)(H,67,77)(H,68,79)(H,69,82)/b30-29+/t40-,41-,42-,43?,44-,45-,48?,49+/m0/s1. The largest absolute Gasteiger partial charge is 0.390 e. The van der Waals surface area contributed by atoms with E-state index in [2.05, 4.69) is 54.8 Å². The summed E-state index contributed by atoms with van der Waals surface area (Å²) in [6.45, 7) is 28.4. The predicted octanol–water partition coefficient (Wildman–Crippen LogP) is 3.64. The molecule has 1 aliphatic rings. The average molecular weight is 1160 g/mol. The normalized spacial score (nSPS) is 16.6. The van der Waals surface area contributed by atoms with Crippen molar-refractivity contribution in [3.05, 3.63) is 12.2 Å². The van der Waals surface area contributed by atoms with Crippen molar-refractivity contribution in [2.24, 2.45) is 23.7 Å². The first-order valence-electron chi connectivity index (χ1n) is 30.1. The maximum absolute atomic E-state index is 14.3. The lowest BCUT2D eigenvalue weighted by atomic mass is 9.95. The molecule has 2 unspecified atom stereocenters. The number of hydrogen-bond acceptors (Lipinski definition) is 12. The molecular formula is C60H109N11O11. The molecule has 1 saturated heterocycles. The molecule has 10 N–H and O–H groups in total. The Bertz CT molecular complexity index is 2140. The van der Waals surface area contributed by atoms with Gasteiger partial charge in [0.15, 0.2) is 0 Å². The van der Waals surface area contributed by atoms with Crippen molar-refractivity contribution in [1.29, 1.82) is 0 Å². The Kier molecular flexibility index (Phi) is 32.2. The Morgan fingerprint density at radius 2 is 1.16 bits per heavy atom. The molecule has 0 aromatic heterocycles. The highest BCUT2D eigenvalue weighted by Gasteiger charge is 2.42. The first-order chi connectivity index (χ1) is 38.0. The van der Waals surface area contributed by atoms with Gasteiger partial charge in [0.25, 0.3) is 0 Å². The van der Waals surface area contributed by atoms with E-state index < -0.39 is 106 Å². The number of amides is 10. The fraction of sp³-hybridized carbons (Fsp3) is 0.800. The summed E-state index contributed by atoms with van der Waals surface area (Å²) in [5.74, 6) is -6.78. The number of nitrogens with one attached hydrogen (secondary N) is 9. The van der Waals surface area contributed by atoms with Crippen LogP contribution in [0.4, 0.5) is 0 Å². The van der Waals surface area contributed by atoms with Gasteiger partial charge in [-0.1, -0.05) is 113 Å². The molecule has 1 rings (SSSR count). The maximum Gasteiger partial charge on any atom is 0.246 e. The number of nitrogens with zero attached hydrogens (tertiary/aromatic N) is 2. The molecule has 0 aromatic rings. The number of hydrogen-bond donors (Lipinski definition) is 10. The van der Waals surface area contributed by atoms with Gasteiger partial charge >= 0.3 is 0 Å². The monoisotopic (exact) mass is 1160 g/mol. The average Bonchev–Trinajstić information content (AvgIpc) is 3.94. The van der Waals surface area contributed by atoms with E-state index in [1.807, 2.05) is 73.5 Å². The molecule has 0 saturated carbocycles. The van der Waals surface area contributed by atoms with Crippen molar-refractivity contribution in [2.45, 2.75) is 253 Å². The SMILES string of the molecule is CCCCCCCC[C@H](NC(=O)[C@@H]1CCCN1C(=O)/C=C/[C@@H](C)CC)C(=O)NC(C(=O)NC(C)(C)C(=O)NC(CC(C)C)C(=O)N[C@@H](CC(C)C)C(=O)NC(C)(C)C(=O)NC(C)(C)C(=O)NCCC(=O)N[C@@H](C)CN(C)C)[C@H](O)C(C)C. The lowest BCUT2D eigenvalue weighted by Gasteiger charge is -2.34. The number of aliphatic hydroxyl groups is 1. The number of carbonyl (C=O) groups is 10. The molecule has 1 heterocycles. The molecule has 22 heteroatoms. The smallest absolute Gasteiger partial charge is 0.246 e. The number of likely N-dealkylation sites (tertiary alicyclic amines) is 1. The van der Waals surface area contributed by atoms with Crippen LogP contribution in [0.1, 0.15) is 194 Å². The van der Waals surface area contributed by atoms with Crippen LogP contribution >= 0.6 is 0 Å². The summed E-state index contributed by atoms with van der Waals surface area (Å²) in [6.07, 6.45) is 9.65. The predicted molar refractivity (Wildman–Crippen MR) is 319 cm³/mol. The van der Waals surface area contributed by atoms with Gasteiger partial charge in [0.05, 0.1) is 6.10 Å². The van der Waals surface area contributed by atoms with Crippen LogP contribution in [0.15, 0.2) is 12.2 Å². The third-order valence-corrected chi connectivity index (χ3v) is 14.5. The Balaban J connectivity index is 3.32. The number of aliphatic hydroxyl groups excluding tert-OH is 1. The van der Waals surface area contributed by atoms with Crippen LogP contribution in [0.3, 0.4) is 0 Å². The van der Waals surface area contributed by atoms with E-state index in [4.69, 9.17) is 0 Å². The van der Waals surface area contributed by atoms with Gasteiger partial charge in [0.2, 0.25) is 59.1 Å². The number of carbonyl (C=O) groups excluding carboxylic acids is 10. The van der Waals surface area contributed by atoms with E-state index in [1.165, 1.54) is 52.5 Å². The number of allylic oxidation sites excluding steroid dienone is 1. The molecule has 0 bridgehead atoms. The topological polar surface area (TPSA) is 306 Å². The van der Waals surface area contributed by atoms with Crippen LogP contribution in [-0.2, 0) is 47.9 Å². The van der Waals surface area contributed by atoms with E-state index in [0.717, 1.165) is 38.5 Å². The van der Waals surface area contributed by atoms with E-state index in [9.17, 15) is 53.1 Å². The zero-order chi connectivity index (χ0) is 62.9. The Morgan fingerprint density at radius 3 is 1.72 bits per heavy atom. The number of rotatable bonds is 37. The van der Waals surface area contributed by atoms with E-state index in [0.29, 0.717) is 32.4 Å². The highest BCUT2D eigenvalue weighted by molar-refractivity contribution is 6.00. The van der Waals surface area contributed by atoms with Crippen LogP contribution in [0.5, 0.6) is 0 Å². The molecule has 0 radical (unpaired) electrons. The van der Waals surface area contributed by atoms with Gasteiger partial charge in [0.1, 0.15) is 46.8 Å². The summed E-state index contributed by atoms with van der Waals surface area (Å²) in [7, 11) is 3.79. The molecule has 1 aliphatic heterocycles. The van der Waals surface area contributed by atoms with Gasteiger partial charge in [-0.05, 0) is 124 Å². The van der Waals surface area contributed by atoms with E-state index in [1.54, 1.807) is 13.8 Å². The van der Waals surface area contributed by atoms with Crippen LogP contribution in [0.2, 0.25) is 0 Å². The van der Waals surface area contributed by atoms with Crippen molar-refractivity contribution in [2.75, 3.05) is 33.7 Å². The minimum atomic E-state index is -1.75. The zero-order valence-electron chi connectivity index (χ0n) is 53.2. The van der Waals surface area contributed by atoms with Gasteiger partial charge in [-0.2, -0.15) is 0 Å². The quantitative estimate of drug-likeness (QED) is 0.0315. The van der Waals surface area contributed by atoms with Crippen molar-refractivity contribution in [3.8, 4) is 0 Å². The molecule has 470 valence electrons. The minimum Gasteiger partial charge on any atom is -0.390 e. The highest BCUT2D eigenvalue weighted by atomic mass is 16.3. The Morgan fingerprint density at radius 1 is 0.622 bits per heavy atom. The third kappa shape index (κ3) is 26.7. The second-order valence-corrected chi connectivity index (χ2v) is 25.7. The van der Waals surface area contributed by atoms with Crippen LogP contribution in [-0.4, -0.2) is 167 Å². The van der Waals surface area contributed by atoms with Gasteiger partial charge in [-0.3, -0.25) is 47.9 Å². The molecule has 10 amide bonds. The first-order valence-corrected chi connectivity index (χ1v) is 30.1. The fourth-order valence-corrected chi connectivity index (χ4v) is 9.25. The molecule has 0 spiro atoms. The lowest BCUT2D eigenvalue weighted by Crippen LogP contribution is -2.66. The minimum absolute atomic E-state index is 0.0210. The second-order valence-electron chi connectivity index (χ2n) is 25.7. The summed E-state index contributed by atoms with van der Waals surface area (Å²) in [5.41, 5.74) is -4.81. The van der Waals surface area contributed by atoms with Gasteiger partial charge in [-0.25, -0.2) is 0 Å². The highest BCUT2D eigenvalue weighted by Crippen LogP contribution is 2.21. The van der Waals surface area contributed by atoms with Gasteiger partial charge in [0, 0.05) is 32.1 Å². The molecule has 8 atom stereocenters. The second kappa shape index (κ2) is 35.5. The molecule has 0 aliphatic carbocycles.